The molecular formula is C30H38N2O4S. The Hall–Kier alpha value is -3.19. The lowest BCUT2D eigenvalue weighted by molar-refractivity contribution is -0.138. The number of ether oxygens (including phenoxy) is 1. The molecule has 37 heavy (non-hydrogen) atoms. The van der Waals surface area contributed by atoms with E-state index in [1.165, 1.54) is 17.8 Å². The van der Waals surface area contributed by atoms with Crippen LogP contribution >= 0.6 is 11.3 Å². The highest BCUT2D eigenvalue weighted by Crippen LogP contribution is 2.29. The number of aromatic nitrogens is 1. The normalized spacial score (nSPS) is 15.8. The minimum absolute atomic E-state index is 0.0463. The van der Waals surface area contributed by atoms with Crippen molar-refractivity contribution in [2.45, 2.75) is 71.8 Å². The van der Waals surface area contributed by atoms with E-state index >= 15 is 0 Å². The number of amides is 1. The number of benzene rings is 1. The van der Waals surface area contributed by atoms with Gasteiger partial charge in [0.05, 0.1) is 18.3 Å². The Kier molecular flexibility index (Phi) is 10.7. The van der Waals surface area contributed by atoms with Crippen LogP contribution in [-0.2, 0) is 27.2 Å². The van der Waals surface area contributed by atoms with Gasteiger partial charge < -0.3 is 15.2 Å². The van der Waals surface area contributed by atoms with Crippen molar-refractivity contribution >= 4 is 29.3 Å². The minimum Gasteiger partial charge on any atom is -0.508 e. The fourth-order valence-electron chi connectivity index (χ4n) is 4.62. The van der Waals surface area contributed by atoms with Gasteiger partial charge in [-0.2, -0.15) is 0 Å². The topological polar surface area (TPSA) is 88.5 Å². The number of esters is 1. The number of nitrogens with one attached hydrogen (secondary N) is 1. The van der Waals surface area contributed by atoms with Crippen LogP contribution in [0.2, 0.25) is 0 Å². The maximum Gasteiger partial charge on any atom is 0.333 e. The smallest absolute Gasteiger partial charge is 0.333 e. The molecule has 1 heterocycles. The second-order valence-electron chi connectivity index (χ2n) is 9.60. The van der Waals surface area contributed by atoms with E-state index in [1.807, 2.05) is 30.5 Å². The predicted molar refractivity (Wildman–Crippen MR) is 149 cm³/mol. The van der Waals surface area contributed by atoms with Gasteiger partial charge in [0.25, 0.3) is 0 Å². The Morgan fingerprint density at radius 1 is 1.27 bits per heavy atom. The molecule has 6 nitrogen and oxygen atoms in total. The number of carbonyl (C=O) groups is 2. The van der Waals surface area contributed by atoms with Crippen molar-refractivity contribution in [2.24, 2.45) is 5.92 Å². The van der Waals surface area contributed by atoms with Crippen molar-refractivity contribution in [3.8, 4) is 5.75 Å². The van der Waals surface area contributed by atoms with Crippen molar-refractivity contribution in [3.63, 3.8) is 0 Å². The summed E-state index contributed by atoms with van der Waals surface area (Å²) in [4.78, 5) is 29.9. The first-order chi connectivity index (χ1) is 17.8. The van der Waals surface area contributed by atoms with Gasteiger partial charge in [0.2, 0.25) is 5.91 Å². The van der Waals surface area contributed by atoms with Gasteiger partial charge in [-0.25, -0.2) is 9.78 Å². The fourth-order valence-corrected chi connectivity index (χ4v) is 5.45. The summed E-state index contributed by atoms with van der Waals surface area (Å²) >= 11 is 1.51. The van der Waals surface area contributed by atoms with Crippen LogP contribution in [0.4, 0.5) is 0 Å². The Balaban J connectivity index is 1.84. The lowest BCUT2D eigenvalue weighted by atomic mass is 9.88. The second-order valence-corrected chi connectivity index (χ2v) is 10.5. The number of hydrogen-bond donors (Lipinski definition) is 2. The maximum absolute atomic E-state index is 13.2. The molecule has 1 amide bonds. The second kappa shape index (κ2) is 13.9. The minimum atomic E-state index is -0.329. The summed E-state index contributed by atoms with van der Waals surface area (Å²) in [6, 6.07) is 5.28. The molecule has 0 bridgehead atoms. The molecule has 1 atom stereocenters. The van der Waals surface area contributed by atoms with Crippen molar-refractivity contribution in [2.75, 3.05) is 6.61 Å². The van der Waals surface area contributed by atoms with Crippen molar-refractivity contribution in [1.82, 2.24) is 10.3 Å². The van der Waals surface area contributed by atoms with E-state index in [4.69, 9.17) is 9.72 Å². The molecular weight excluding hydrogens is 484 g/mol. The number of nitrogens with zero attached hydrogens (tertiary/aromatic N) is 1. The molecule has 0 aliphatic heterocycles. The van der Waals surface area contributed by atoms with Gasteiger partial charge in [-0.15, -0.1) is 17.9 Å². The summed E-state index contributed by atoms with van der Waals surface area (Å²) in [5.41, 5.74) is 4.02. The zero-order valence-corrected chi connectivity index (χ0v) is 22.9. The standard InChI is InChI=1S/C30H38N2O4S/c1-5-10-24-17-22(13-14-27(24)33)18-26(32-28(34)23-11-8-7-9-12-23)29-31-25(19-37-29)16-20(3)15-21(4)30(35)36-6-2/h5,13-17,19,23,26,33H,1,6-12,18H2,2-4H3,(H,32,34)/t26-/m0/s1. The van der Waals surface area contributed by atoms with Gasteiger partial charge in [0.1, 0.15) is 10.8 Å². The monoisotopic (exact) mass is 522 g/mol. The molecule has 1 aromatic carbocycles. The highest BCUT2D eigenvalue weighted by atomic mass is 32.1. The van der Waals surface area contributed by atoms with Gasteiger partial charge in [-0.3, -0.25) is 4.79 Å². The van der Waals surface area contributed by atoms with Crippen LogP contribution < -0.4 is 5.32 Å². The molecule has 0 unspecified atom stereocenters. The Labute approximate surface area is 224 Å². The molecule has 1 saturated carbocycles. The molecule has 0 saturated heterocycles. The number of phenols is 1. The summed E-state index contributed by atoms with van der Waals surface area (Å²) in [7, 11) is 0. The Morgan fingerprint density at radius 3 is 2.73 bits per heavy atom. The van der Waals surface area contributed by atoms with Gasteiger partial charge >= 0.3 is 5.97 Å². The first kappa shape index (κ1) is 28.4. The summed E-state index contributed by atoms with van der Waals surface area (Å²) in [6.07, 6.45) is 11.9. The van der Waals surface area contributed by atoms with Crippen LogP contribution in [0.3, 0.4) is 0 Å². The highest BCUT2D eigenvalue weighted by Gasteiger charge is 2.26. The first-order valence-corrected chi connectivity index (χ1v) is 13.9. The average molecular weight is 523 g/mol. The molecule has 7 heteroatoms. The van der Waals surface area contributed by atoms with E-state index in [-0.39, 0.29) is 29.6 Å². The molecule has 0 radical (unpaired) electrons. The third-order valence-corrected chi connectivity index (χ3v) is 7.47. The molecule has 1 fully saturated rings. The van der Waals surface area contributed by atoms with Crippen LogP contribution in [0.25, 0.3) is 6.08 Å². The zero-order valence-electron chi connectivity index (χ0n) is 22.1. The summed E-state index contributed by atoms with van der Waals surface area (Å²) in [5, 5.41) is 16.2. The highest BCUT2D eigenvalue weighted by molar-refractivity contribution is 7.09. The molecule has 3 rings (SSSR count). The summed E-state index contributed by atoms with van der Waals surface area (Å²) in [5.74, 6) is 0.0513. The number of allylic oxidation sites excluding steroid dienone is 3. The third kappa shape index (κ3) is 8.42. The fraction of sp³-hybridized carbons (Fsp3) is 0.433. The number of thiazole rings is 1. The number of carbonyl (C=O) groups excluding carboxylic acids is 2. The number of aromatic hydroxyl groups is 1. The van der Waals surface area contributed by atoms with Crippen molar-refractivity contribution in [3.05, 3.63) is 75.3 Å². The lowest BCUT2D eigenvalue weighted by Gasteiger charge is -2.24. The van der Waals surface area contributed by atoms with E-state index in [0.29, 0.717) is 25.0 Å². The predicted octanol–water partition coefficient (Wildman–Crippen LogP) is 6.47. The summed E-state index contributed by atoms with van der Waals surface area (Å²) in [6.45, 7) is 9.55. The molecule has 0 spiro atoms. The van der Waals surface area contributed by atoms with E-state index in [0.717, 1.165) is 53.1 Å². The molecule has 2 N–H and O–H groups in total. The third-order valence-electron chi connectivity index (χ3n) is 6.50. The zero-order chi connectivity index (χ0) is 26.8. The molecule has 1 aliphatic rings. The maximum atomic E-state index is 13.2. The van der Waals surface area contributed by atoms with Gasteiger partial charge in [-0.05, 0) is 81.4 Å². The van der Waals surface area contributed by atoms with E-state index < -0.39 is 0 Å². The Bertz CT molecular complexity index is 1160. The van der Waals surface area contributed by atoms with E-state index in [2.05, 4.69) is 11.9 Å². The van der Waals surface area contributed by atoms with Crippen molar-refractivity contribution < 1.29 is 19.4 Å². The van der Waals surface area contributed by atoms with Gasteiger partial charge in [0.15, 0.2) is 0 Å². The van der Waals surface area contributed by atoms with E-state index in [1.54, 1.807) is 32.1 Å². The van der Waals surface area contributed by atoms with Crippen LogP contribution in [0.1, 0.15) is 80.7 Å². The molecule has 1 aromatic heterocycles. The molecule has 198 valence electrons. The quantitative estimate of drug-likeness (QED) is 0.153. The van der Waals surface area contributed by atoms with Crippen LogP contribution in [-0.4, -0.2) is 28.6 Å². The molecule has 2 aromatic rings. The first-order valence-electron chi connectivity index (χ1n) is 13.0. The number of phenolic OH excluding ortho intramolecular Hbond substituents is 1. The lowest BCUT2D eigenvalue weighted by Crippen LogP contribution is -2.35. The van der Waals surface area contributed by atoms with Crippen LogP contribution in [0, 0.1) is 5.92 Å². The Morgan fingerprint density at radius 2 is 2.03 bits per heavy atom. The number of rotatable bonds is 11. The van der Waals surface area contributed by atoms with Gasteiger partial charge in [-0.1, -0.05) is 37.5 Å². The molecule has 1 aliphatic carbocycles. The number of hydrogen-bond acceptors (Lipinski definition) is 6. The van der Waals surface area contributed by atoms with Gasteiger partial charge in [0, 0.05) is 16.9 Å². The van der Waals surface area contributed by atoms with E-state index in [9.17, 15) is 14.7 Å². The SMILES string of the molecule is C=CCc1cc(C[C@H](NC(=O)C2CCCCC2)c2nc(C=C(C)C=C(C)C(=O)OCC)cs2)ccc1O. The largest absolute Gasteiger partial charge is 0.508 e. The van der Waals surface area contributed by atoms with Crippen LogP contribution in [0.15, 0.2) is 53.5 Å². The van der Waals surface area contributed by atoms with Crippen molar-refractivity contribution in [1.29, 1.82) is 0 Å². The van der Waals surface area contributed by atoms with Crippen LogP contribution in [0.5, 0.6) is 5.75 Å². The summed E-state index contributed by atoms with van der Waals surface area (Å²) < 4.78 is 5.06. The average Bonchev–Trinajstić information content (AvgIpc) is 3.34.